The van der Waals surface area contributed by atoms with E-state index in [4.69, 9.17) is 23.2 Å². The first-order valence-corrected chi connectivity index (χ1v) is 6.46. The van der Waals surface area contributed by atoms with E-state index in [9.17, 15) is 5.11 Å². The molecule has 16 heavy (non-hydrogen) atoms. The minimum Gasteiger partial charge on any atom is -0.392 e. The van der Waals surface area contributed by atoms with E-state index in [2.05, 4.69) is 13.8 Å². The topological polar surface area (TPSA) is 20.2 Å². The number of aliphatic hydroxyl groups is 1. The molecule has 0 bridgehead atoms. The summed E-state index contributed by atoms with van der Waals surface area (Å²) in [6.07, 6.45) is 2.11. The summed E-state index contributed by atoms with van der Waals surface area (Å²) in [6, 6.07) is 5.43. The van der Waals surface area contributed by atoms with Crippen LogP contribution in [0.3, 0.4) is 0 Å². The van der Waals surface area contributed by atoms with E-state index in [0.29, 0.717) is 22.4 Å². The van der Waals surface area contributed by atoms with Crippen LogP contribution in [0.25, 0.3) is 0 Å². The van der Waals surface area contributed by atoms with Gasteiger partial charge in [0.25, 0.3) is 0 Å². The van der Waals surface area contributed by atoms with E-state index in [1.165, 1.54) is 0 Å². The molecule has 0 heterocycles. The molecule has 0 radical (unpaired) electrons. The van der Waals surface area contributed by atoms with Crippen molar-refractivity contribution in [1.29, 1.82) is 0 Å². The van der Waals surface area contributed by atoms with Gasteiger partial charge in [-0.1, -0.05) is 56.0 Å². The van der Waals surface area contributed by atoms with E-state index < -0.39 is 0 Å². The molecule has 1 rings (SSSR count). The Kier molecular flexibility index (Phi) is 5.60. The van der Waals surface area contributed by atoms with Gasteiger partial charge in [0, 0.05) is 16.5 Å². The van der Waals surface area contributed by atoms with Crippen molar-refractivity contribution in [3.8, 4) is 0 Å². The van der Waals surface area contributed by atoms with Crippen LogP contribution in [0, 0.1) is 5.92 Å². The normalized spacial score (nSPS) is 13.1. The van der Waals surface area contributed by atoms with E-state index in [0.717, 1.165) is 18.4 Å². The lowest BCUT2D eigenvalue weighted by molar-refractivity contribution is 0.103. The smallest absolute Gasteiger partial charge is 0.0609 e. The molecule has 0 saturated carbocycles. The fourth-order valence-corrected chi connectivity index (χ4v) is 2.49. The van der Waals surface area contributed by atoms with Crippen LogP contribution in [-0.2, 0) is 6.42 Å². The number of hydrogen-bond acceptors (Lipinski definition) is 1. The molecule has 0 spiro atoms. The van der Waals surface area contributed by atoms with Crippen molar-refractivity contribution in [2.24, 2.45) is 5.92 Å². The Bertz CT molecular complexity index is 314. The second-order valence-corrected chi connectivity index (χ2v) is 4.86. The van der Waals surface area contributed by atoms with Gasteiger partial charge in [-0.25, -0.2) is 0 Å². The van der Waals surface area contributed by atoms with E-state index in [1.807, 2.05) is 18.2 Å². The second kappa shape index (κ2) is 6.48. The van der Waals surface area contributed by atoms with Gasteiger partial charge in [0.05, 0.1) is 6.10 Å². The van der Waals surface area contributed by atoms with Gasteiger partial charge in [0.1, 0.15) is 0 Å². The fraction of sp³-hybridized carbons (Fsp3) is 0.538. The molecule has 1 unspecified atom stereocenters. The molecule has 0 saturated heterocycles. The van der Waals surface area contributed by atoms with Gasteiger partial charge >= 0.3 is 0 Å². The average molecular weight is 261 g/mol. The average Bonchev–Trinajstić information content (AvgIpc) is 2.25. The number of benzene rings is 1. The van der Waals surface area contributed by atoms with Crippen LogP contribution in [0.1, 0.15) is 32.3 Å². The summed E-state index contributed by atoms with van der Waals surface area (Å²) < 4.78 is 0. The summed E-state index contributed by atoms with van der Waals surface area (Å²) in [5.41, 5.74) is 0.852. The van der Waals surface area contributed by atoms with Gasteiger partial charge < -0.3 is 5.11 Å². The standard InChI is InChI=1S/C13H18Cl2O/c1-3-9(4-2)13(16)8-10-11(14)6-5-7-12(10)15/h5-7,9,13,16H,3-4,8H2,1-2H3. The molecule has 1 N–H and O–H groups in total. The lowest BCUT2D eigenvalue weighted by atomic mass is 9.92. The molecule has 1 nitrogen and oxygen atoms in total. The maximum absolute atomic E-state index is 10.1. The fourth-order valence-electron chi connectivity index (χ4n) is 1.94. The molecular weight excluding hydrogens is 243 g/mol. The molecule has 1 aromatic rings. The predicted octanol–water partition coefficient (Wildman–Crippen LogP) is 4.33. The lowest BCUT2D eigenvalue weighted by Gasteiger charge is -2.21. The first-order chi connectivity index (χ1) is 7.60. The van der Waals surface area contributed by atoms with E-state index >= 15 is 0 Å². The zero-order valence-electron chi connectivity index (χ0n) is 9.71. The summed E-state index contributed by atoms with van der Waals surface area (Å²) in [5.74, 6) is 0.312. The SMILES string of the molecule is CCC(CC)C(O)Cc1c(Cl)cccc1Cl. The molecule has 0 aliphatic rings. The maximum Gasteiger partial charge on any atom is 0.0609 e. The molecule has 1 aromatic carbocycles. The molecular formula is C13H18Cl2O. The largest absolute Gasteiger partial charge is 0.392 e. The van der Waals surface area contributed by atoms with Crippen molar-refractivity contribution in [2.75, 3.05) is 0 Å². The summed E-state index contributed by atoms with van der Waals surface area (Å²) in [5, 5.41) is 11.4. The molecule has 0 fully saturated rings. The molecule has 0 aliphatic heterocycles. The van der Waals surface area contributed by atoms with Gasteiger partial charge in [-0.15, -0.1) is 0 Å². The number of halogens is 2. The maximum atomic E-state index is 10.1. The van der Waals surface area contributed by atoms with Crippen molar-refractivity contribution < 1.29 is 5.11 Å². The molecule has 0 aliphatic carbocycles. The van der Waals surface area contributed by atoms with Crippen molar-refractivity contribution in [3.05, 3.63) is 33.8 Å². The van der Waals surface area contributed by atoms with Gasteiger partial charge in [0.15, 0.2) is 0 Å². The van der Waals surface area contributed by atoms with Crippen LogP contribution in [0.2, 0.25) is 10.0 Å². The lowest BCUT2D eigenvalue weighted by Crippen LogP contribution is -2.22. The number of aliphatic hydroxyl groups excluding tert-OH is 1. The Morgan fingerprint density at radius 3 is 2.06 bits per heavy atom. The highest BCUT2D eigenvalue weighted by molar-refractivity contribution is 6.35. The van der Waals surface area contributed by atoms with Crippen LogP contribution in [0.15, 0.2) is 18.2 Å². The highest BCUT2D eigenvalue weighted by atomic mass is 35.5. The number of rotatable bonds is 5. The van der Waals surface area contributed by atoms with Crippen LogP contribution in [0.5, 0.6) is 0 Å². The summed E-state index contributed by atoms with van der Waals surface area (Å²) >= 11 is 12.1. The van der Waals surface area contributed by atoms with Crippen LogP contribution < -0.4 is 0 Å². The third-order valence-corrected chi connectivity index (χ3v) is 3.78. The Hall–Kier alpha value is -0.240. The first-order valence-electron chi connectivity index (χ1n) is 5.71. The van der Waals surface area contributed by atoms with Crippen molar-refractivity contribution in [2.45, 2.75) is 39.2 Å². The van der Waals surface area contributed by atoms with E-state index in [1.54, 1.807) is 0 Å². The Morgan fingerprint density at radius 1 is 1.12 bits per heavy atom. The Balaban J connectivity index is 2.80. The zero-order chi connectivity index (χ0) is 12.1. The van der Waals surface area contributed by atoms with Crippen LogP contribution >= 0.6 is 23.2 Å². The second-order valence-electron chi connectivity index (χ2n) is 4.05. The predicted molar refractivity (Wildman–Crippen MR) is 70.2 cm³/mol. The third kappa shape index (κ3) is 3.38. The van der Waals surface area contributed by atoms with E-state index in [-0.39, 0.29) is 6.10 Å². The van der Waals surface area contributed by atoms with Gasteiger partial charge in [-0.3, -0.25) is 0 Å². The Morgan fingerprint density at radius 2 is 1.62 bits per heavy atom. The minimum absolute atomic E-state index is 0.312. The monoisotopic (exact) mass is 260 g/mol. The summed E-state index contributed by atoms with van der Waals surface area (Å²) in [7, 11) is 0. The van der Waals surface area contributed by atoms with Gasteiger partial charge in [-0.2, -0.15) is 0 Å². The first kappa shape index (κ1) is 13.8. The summed E-state index contributed by atoms with van der Waals surface area (Å²) in [4.78, 5) is 0. The van der Waals surface area contributed by atoms with Crippen molar-refractivity contribution in [3.63, 3.8) is 0 Å². The Labute approximate surface area is 107 Å². The van der Waals surface area contributed by atoms with Crippen molar-refractivity contribution in [1.82, 2.24) is 0 Å². The molecule has 0 aromatic heterocycles. The highest BCUT2D eigenvalue weighted by Crippen LogP contribution is 2.27. The molecule has 0 amide bonds. The molecule has 90 valence electrons. The molecule has 1 atom stereocenters. The summed E-state index contributed by atoms with van der Waals surface area (Å²) in [6.45, 7) is 4.18. The van der Waals surface area contributed by atoms with Gasteiger partial charge in [-0.05, 0) is 23.6 Å². The highest BCUT2D eigenvalue weighted by Gasteiger charge is 2.18. The zero-order valence-corrected chi connectivity index (χ0v) is 11.2. The van der Waals surface area contributed by atoms with Crippen molar-refractivity contribution >= 4 is 23.2 Å². The number of hydrogen-bond donors (Lipinski definition) is 1. The minimum atomic E-state index is -0.368. The third-order valence-electron chi connectivity index (χ3n) is 3.07. The van der Waals surface area contributed by atoms with Crippen LogP contribution in [0.4, 0.5) is 0 Å². The quantitative estimate of drug-likeness (QED) is 0.836. The van der Waals surface area contributed by atoms with Gasteiger partial charge in [0.2, 0.25) is 0 Å². The molecule has 3 heteroatoms. The van der Waals surface area contributed by atoms with Crippen LogP contribution in [-0.4, -0.2) is 11.2 Å².